The Kier molecular flexibility index (Phi) is 5.68. The number of ether oxygens (including phenoxy) is 2. The predicted molar refractivity (Wildman–Crippen MR) is 99.3 cm³/mol. The molecule has 0 fully saturated rings. The molecule has 144 valence electrons. The van der Waals surface area contributed by atoms with Crippen molar-refractivity contribution in [2.24, 2.45) is 0 Å². The molecule has 0 heterocycles. The van der Waals surface area contributed by atoms with E-state index >= 15 is 0 Å². The third kappa shape index (κ3) is 4.91. The Morgan fingerprint density at radius 3 is 2.25 bits per heavy atom. The second-order valence-electron chi connectivity index (χ2n) is 6.09. The first-order valence-electron chi connectivity index (χ1n) is 8.50. The van der Waals surface area contributed by atoms with Crippen LogP contribution in [-0.4, -0.2) is 12.1 Å². The van der Waals surface area contributed by atoms with Crippen LogP contribution < -0.4 is 9.47 Å². The fourth-order valence-electron chi connectivity index (χ4n) is 2.75. The number of ketones is 1. The van der Waals surface area contributed by atoms with Gasteiger partial charge in [0.2, 0.25) is 0 Å². The van der Waals surface area contributed by atoms with E-state index in [0.29, 0.717) is 16.9 Å². The third-order valence-electron chi connectivity index (χ3n) is 4.02. The van der Waals surface area contributed by atoms with Gasteiger partial charge in [0.1, 0.15) is 18.1 Å². The van der Waals surface area contributed by atoms with Gasteiger partial charge in [0.25, 0.3) is 0 Å². The second-order valence-corrected chi connectivity index (χ2v) is 6.09. The first-order chi connectivity index (χ1) is 13.3. The molecule has 0 spiro atoms. The first-order valence-corrected chi connectivity index (χ1v) is 8.50. The van der Waals surface area contributed by atoms with Gasteiger partial charge in [-0.15, -0.1) is 13.2 Å². The van der Waals surface area contributed by atoms with Gasteiger partial charge in [-0.2, -0.15) is 0 Å². The SMILES string of the molecule is CC(=O)c1ccc(-c2ccccc2OC(F)(F)F)cc1OCc1ccccc1. The van der Waals surface area contributed by atoms with Gasteiger partial charge < -0.3 is 9.47 Å². The average Bonchev–Trinajstić information content (AvgIpc) is 2.66. The lowest BCUT2D eigenvalue weighted by atomic mass is 10.0. The number of benzene rings is 3. The molecule has 3 rings (SSSR count). The summed E-state index contributed by atoms with van der Waals surface area (Å²) in [5, 5.41) is 0. The molecule has 0 N–H and O–H groups in total. The number of carbonyl (C=O) groups is 1. The summed E-state index contributed by atoms with van der Waals surface area (Å²) in [6.45, 7) is 1.64. The van der Waals surface area contributed by atoms with Crippen molar-refractivity contribution in [2.75, 3.05) is 0 Å². The van der Waals surface area contributed by atoms with Gasteiger partial charge in [-0.25, -0.2) is 0 Å². The molecule has 0 unspecified atom stereocenters. The van der Waals surface area contributed by atoms with Crippen LogP contribution in [0.15, 0.2) is 72.8 Å². The Morgan fingerprint density at radius 1 is 0.893 bits per heavy atom. The van der Waals surface area contributed by atoms with E-state index in [2.05, 4.69) is 4.74 Å². The van der Waals surface area contributed by atoms with E-state index in [0.717, 1.165) is 5.56 Å². The largest absolute Gasteiger partial charge is 0.573 e. The third-order valence-corrected chi connectivity index (χ3v) is 4.02. The highest BCUT2D eigenvalue weighted by molar-refractivity contribution is 5.97. The van der Waals surface area contributed by atoms with Crippen molar-refractivity contribution >= 4 is 5.78 Å². The Balaban J connectivity index is 1.96. The van der Waals surface area contributed by atoms with Crippen molar-refractivity contribution in [3.8, 4) is 22.6 Å². The monoisotopic (exact) mass is 386 g/mol. The molecule has 0 aromatic heterocycles. The van der Waals surface area contributed by atoms with Crippen LogP contribution in [0.2, 0.25) is 0 Å². The zero-order valence-corrected chi connectivity index (χ0v) is 15.0. The van der Waals surface area contributed by atoms with Crippen LogP contribution in [-0.2, 0) is 6.61 Å². The lowest BCUT2D eigenvalue weighted by molar-refractivity contribution is -0.274. The molecule has 0 aliphatic rings. The molecule has 0 bridgehead atoms. The van der Waals surface area contributed by atoms with Crippen LogP contribution in [0.4, 0.5) is 13.2 Å². The summed E-state index contributed by atoms with van der Waals surface area (Å²) in [7, 11) is 0. The summed E-state index contributed by atoms with van der Waals surface area (Å²) in [6, 6.07) is 19.9. The number of halogens is 3. The number of hydrogen-bond acceptors (Lipinski definition) is 3. The van der Waals surface area contributed by atoms with E-state index in [1.165, 1.54) is 25.1 Å². The maximum atomic E-state index is 12.7. The Morgan fingerprint density at radius 2 is 1.57 bits per heavy atom. The minimum Gasteiger partial charge on any atom is -0.488 e. The molecule has 0 saturated heterocycles. The van der Waals surface area contributed by atoms with E-state index in [4.69, 9.17) is 4.74 Å². The van der Waals surface area contributed by atoms with Crippen LogP contribution in [0.5, 0.6) is 11.5 Å². The van der Waals surface area contributed by atoms with Crippen LogP contribution in [0.1, 0.15) is 22.8 Å². The zero-order chi connectivity index (χ0) is 20.1. The summed E-state index contributed by atoms with van der Waals surface area (Å²) in [5.41, 5.74) is 1.96. The maximum absolute atomic E-state index is 12.7. The number of alkyl halides is 3. The molecule has 0 atom stereocenters. The van der Waals surface area contributed by atoms with Gasteiger partial charge in [0.15, 0.2) is 5.78 Å². The van der Waals surface area contributed by atoms with Gasteiger partial charge in [0.05, 0.1) is 5.56 Å². The van der Waals surface area contributed by atoms with Gasteiger partial charge in [-0.3, -0.25) is 4.79 Å². The van der Waals surface area contributed by atoms with Crippen molar-refractivity contribution < 1.29 is 27.4 Å². The van der Waals surface area contributed by atoms with Crippen LogP contribution >= 0.6 is 0 Å². The quantitative estimate of drug-likeness (QED) is 0.485. The van der Waals surface area contributed by atoms with E-state index in [-0.39, 0.29) is 23.7 Å². The maximum Gasteiger partial charge on any atom is 0.573 e. The molecule has 0 saturated carbocycles. The number of rotatable bonds is 6. The number of hydrogen-bond donors (Lipinski definition) is 0. The number of para-hydroxylation sites is 1. The zero-order valence-electron chi connectivity index (χ0n) is 15.0. The van der Waals surface area contributed by atoms with Crippen molar-refractivity contribution in [3.05, 3.63) is 83.9 Å². The highest BCUT2D eigenvalue weighted by Gasteiger charge is 2.32. The average molecular weight is 386 g/mol. The Bertz CT molecular complexity index is 966. The Labute approximate surface area is 160 Å². The van der Waals surface area contributed by atoms with Crippen LogP contribution in [0, 0.1) is 0 Å². The van der Waals surface area contributed by atoms with Gasteiger partial charge in [-0.1, -0.05) is 54.6 Å². The number of carbonyl (C=O) groups excluding carboxylic acids is 1. The predicted octanol–water partition coefficient (Wildman–Crippen LogP) is 6.03. The number of Topliss-reactive ketones (excluding diaryl/α,β-unsaturated/α-hetero) is 1. The van der Waals surface area contributed by atoms with Gasteiger partial charge in [0, 0.05) is 5.56 Å². The summed E-state index contributed by atoms with van der Waals surface area (Å²) < 4.78 is 48.0. The minimum absolute atomic E-state index is 0.200. The molecule has 3 aromatic rings. The molecule has 6 heteroatoms. The highest BCUT2D eigenvalue weighted by Crippen LogP contribution is 2.36. The molecular formula is C22H17F3O3. The molecule has 0 aliphatic carbocycles. The summed E-state index contributed by atoms with van der Waals surface area (Å²) in [6.07, 6.45) is -4.80. The second kappa shape index (κ2) is 8.17. The first kappa shape index (κ1) is 19.5. The minimum atomic E-state index is -4.80. The summed E-state index contributed by atoms with van der Waals surface area (Å²) >= 11 is 0. The molecule has 28 heavy (non-hydrogen) atoms. The van der Waals surface area contributed by atoms with Crippen molar-refractivity contribution in [2.45, 2.75) is 19.9 Å². The molecule has 3 aromatic carbocycles. The molecule has 0 aliphatic heterocycles. The highest BCUT2D eigenvalue weighted by atomic mass is 19.4. The summed E-state index contributed by atoms with van der Waals surface area (Å²) in [5.74, 6) is -0.218. The van der Waals surface area contributed by atoms with Crippen molar-refractivity contribution in [3.63, 3.8) is 0 Å². The lowest BCUT2D eigenvalue weighted by Crippen LogP contribution is -2.17. The smallest absolute Gasteiger partial charge is 0.488 e. The summed E-state index contributed by atoms with van der Waals surface area (Å²) in [4.78, 5) is 11.9. The van der Waals surface area contributed by atoms with E-state index in [1.807, 2.05) is 30.3 Å². The molecule has 0 amide bonds. The molecule has 3 nitrogen and oxygen atoms in total. The standard InChI is InChI=1S/C22H17F3O3/c1-15(26)18-12-11-17(13-21(18)27-14-16-7-3-2-4-8-16)19-9-5-6-10-20(19)28-22(23,24)25/h2-13H,14H2,1H3. The van der Waals surface area contributed by atoms with Gasteiger partial charge in [-0.05, 0) is 36.2 Å². The Hall–Kier alpha value is -3.28. The van der Waals surface area contributed by atoms with Crippen molar-refractivity contribution in [1.29, 1.82) is 0 Å². The lowest BCUT2D eigenvalue weighted by Gasteiger charge is -2.15. The van der Waals surface area contributed by atoms with Crippen LogP contribution in [0.25, 0.3) is 11.1 Å². The van der Waals surface area contributed by atoms with E-state index in [1.54, 1.807) is 24.3 Å². The molecular weight excluding hydrogens is 369 g/mol. The van der Waals surface area contributed by atoms with Gasteiger partial charge >= 0.3 is 6.36 Å². The fraction of sp³-hybridized carbons (Fsp3) is 0.136. The fourth-order valence-corrected chi connectivity index (χ4v) is 2.75. The molecule has 0 radical (unpaired) electrons. The van der Waals surface area contributed by atoms with Crippen molar-refractivity contribution in [1.82, 2.24) is 0 Å². The van der Waals surface area contributed by atoms with E-state index < -0.39 is 6.36 Å². The van der Waals surface area contributed by atoms with E-state index in [9.17, 15) is 18.0 Å². The van der Waals surface area contributed by atoms with Crippen LogP contribution in [0.3, 0.4) is 0 Å². The normalized spacial score (nSPS) is 11.1. The topological polar surface area (TPSA) is 35.5 Å².